The van der Waals surface area contributed by atoms with Gasteiger partial charge in [0.15, 0.2) is 17.4 Å². The number of benzene rings is 1. The second kappa shape index (κ2) is 14.6. The third-order valence-corrected chi connectivity index (χ3v) is 12.3. The van der Waals surface area contributed by atoms with Crippen molar-refractivity contribution in [2.45, 2.75) is 141 Å². The number of halogens is 2. The topological polar surface area (TPSA) is 9.23 Å². The Morgan fingerprint density at radius 2 is 1.41 bits per heavy atom. The minimum absolute atomic E-state index is 0.160. The quantitative estimate of drug-likeness (QED) is 0.197. The van der Waals surface area contributed by atoms with Gasteiger partial charge in [0.25, 0.3) is 0 Å². The van der Waals surface area contributed by atoms with Crippen molar-refractivity contribution in [3.8, 4) is 5.75 Å². The standard InChI is InChI=1S/C30H50F2OSi/c1-4-6-8-9-11-23(3)33-30-28(31)21-27(22-29(30)32)25-14-12-24(13-15-25)26-16-19-34(20-17-26)18-10-7-5-2/h21-26,34H,4-20H2,1-3H3/t23-,24?,25?,26?,34?/m0/s1. The summed E-state index contributed by atoms with van der Waals surface area (Å²) in [5.41, 5.74) is 0.837. The van der Waals surface area contributed by atoms with Crippen LogP contribution in [0.15, 0.2) is 12.1 Å². The normalized spacial score (nSPS) is 26.4. The highest BCUT2D eigenvalue weighted by molar-refractivity contribution is 6.58. The van der Waals surface area contributed by atoms with Crippen molar-refractivity contribution >= 4 is 8.80 Å². The molecule has 2 fully saturated rings. The zero-order valence-electron chi connectivity index (χ0n) is 22.2. The highest BCUT2D eigenvalue weighted by Crippen LogP contribution is 2.44. The van der Waals surface area contributed by atoms with E-state index in [-0.39, 0.29) is 11.9 Å². The largest absolute Gasteiger partial charge is 0.485 e. The van der Waals surface area contributed by atoms with Crippen LogP contribution in [-0.4, -0.2) is 14.9 Å². The van der Waals surface area contributed by atoms with E-state index in [1.165, 1.54) is 57.8 Å². The molecule has 1 aliphatic heterocycles. The average Bonchev–Trinajstić information content (AvgIpc) is 2.85. The van der Waals surface area contributed by atoms with Gasteiger partial charge in [0.2, 0.25) is 0 Å². The summed E-state index contributed by atoms with van der Waals surface area (Å²) in [5, 5.41) is 0. The summed E-state index contributed by atoms with van der Waals surface area (Å²) in [6, 6.07) is 7.80. The van der Waals surface area contributed by atoms with Crippen LogP contribution < -0.4 is 4.74 Å². The van der Waals surface area contributed by atoms with Crippen molar-refractivity contribution in [2.24, 2.45) is 11.8 Å². The molecular formula is C30H50F2OSi. The Labute approximate surface area is 210 Å². The lowest BCUT2D eigenvalue weighted by atomic mass is 9.72. The molecule has 34 heavy (non-hydrogen) atoms. The van der Waals surface area contributed by atoms with Crippen molar-refractivity contribution in [3.63, 3.8) is 0 Å². The van der Waals surface area contributed by atoms with E-state index < -0.39 is 20.4 Å². The van der Waals surface area contributed by atoms with Crippen molar-refractivity contribution < 1.29 is 13.5 Å². The van der Waals surface area contributed by atoms with Gasteiger partial charge in [-0.05, 0) is 80.9 Å². The monoisotopic (exact) mass is 492 g/mol. The first-order chi connectivity index (χ1) is 16.5. The molecule has 1 aromatic carbocycles. The molecule has 1 nitrogen and oxygen atoms in total. The first-order valence-corrected chi connectivity index (χ1v) is 17.1. The van der Waals surface area contributed by atoms with Gasteiger partial charge in [0.1, 0.15) is 0 Å². The summed E-state index contributed by atoms with van der Waals surface area (Å²) >= 11 is 0. The molecule has 1 atom stereocenters. The zero-order valence-corrected chi connectivity index (χ0v) is 23.4. The Morgan fingerprint density at radius 1 is 0.824 bits per heavy atom. The third kappa shape index (κ3) is 8.35. The fourth-order valence-corrected chi connectivity index (χ4v) is 10.1. The Morgan fingerprint density at radius 3 is 2.03 bits per heavy atom. The van der Waals surface area contributed by atoms with Crippen LogP contribution in [0.3, 0.4) is 0 Å². The van der Waals surface area contributed by atoms with Crippen molar-refractivity contribution in [1.29, 1.82) is 0 Å². The lowest BCUT2D eigenvalue weighted by molar-refractivity contribution is 0.187. The number of hydrogen-bond donors (Lipinski definition) is 0. The third-order valence-electron chi connectivity index (χ3n) is 8.82. The molecule has 1 aliphatic carbocycles. The second-order valence-corrected chi connectivity index (χ2v) is 14.9. The van der Waals surface area contributed by atoms with Gasteiger partial charge in [-0.2, -0.15) is 0 Å². The highest BCUT2D eigenvalue weighted by Gasteiger charge is 2.32. The molecule has 0 unspecified atom stereocenters. The molecule has 4 heteroatoms. The van der Waals surface area contributed by atoms with E-state index in [2.05, 4.69) is 13.8 Å². The highest BCUT2D eigenvalue weighted by atomic mass is 28.3. The van der Waals surface area contributed by atoms with E-state index in [1.54, 1.807) is 30.3 Å². The molecule has 0 bridgehead atoms. The molecule has 0 N–H and O–H groups in total. The number of unbranched alkanes of at least 4 members (excludes halogenated alkanes) is 5. The van der Waals surface area contributed by atoms with Gasteiger partial charge in [-0.3, -0.25) is 0 Å². The Balaban J connectivity index is 1.45. The van der Waals surface area contributed by atoms with Crippen LogP contribution in [0, 0.1) is 23.5 Å². The fourth-order valence-electron chi connectivity index (χ4n) is 6.60. The van der Waals surface area contributed by atoms with Crippen LogP contribution in [0.2, 0.25) is 18.1 Å². The van der Waals surface area contributed by atoms with E-state index in [0.717, 1.165) is 49.5 Å². The van der Waals surface area contributed by atoms with Crippen molar-refractivity contribution in [1.82, 2.24) is 0 Å². The molecule has 2 aliphatic rings. The van der Waals surface area contributed by atoms with Crippen molar-refractivity contribution in [3.05, 3.63) is 29.3 Å². The molecule has 1 heterocycles. The SMILES string of the molecule is CCCCCC[C@H](C)Oc1c(F)cc(C2CCC(C3CC[SiH](CCCCC)CC3)CC2)cc1F. The summed E-state index contributed by atoms with van der Waals surface area (Å²) in [4.78, 5) is 0. The number of ether oxygens (including phenoxy) is 1. The predicted octanol–water partition coefficient (Wildman–Crippen LogP) is 9.80. The molecule has 1 saturated carbocycles. The maximum absolute atomic E-state index is 14.8. The molecular weight excluding hydrogens is 442 g/mol. The minimum Gasteiger partial charge on any atom is -0.485 e. The Bertz CT molecular complexity index is 685. The summed E-state index contributed by atoms with van der Waals surface area (Å²) in [7, 11) is -0.445. The molecule has 0 aromatic heterocycles. The lowest BCUT2D eigenvalue weighted by Gasteiger charge is -2.37. The van der Waals surface area contributed by atoms with Gasteiger partial charge < -0.3 is 4.74 Å². The van der Waals surface area contributed by atoms with Crippen LogP contribution in [0.1, 0.15) is 122 Å². The van der Waals surface area contributed by atoms with E-state index in [0.29, 0.717) is 5.92 Å². The van der Waals surface area contributed by atoms with Crippen LogP contribution >= 0.6 is 0 Å². The lowest BCUT2D eigenvalue weighted by Crippen LogP contribution is -2.28. The summed E-state index contributed by atoms with van der Waals surface area (Å²) in [6.45, 7) is 6.40. The van der Waals surface area contributed by atoms with E-state index in [9.17, 15) is 8.78 Å². The number of hydrogen-bond acceptors (Lipinski definition) is 1. The molecule has 1 saturated heterocycles. The molecule has 0 spiro atoms. The van der Waals surface area contributed by atoms with Gasteiger partial charge in [0, 0.05) is 8.80 Å². The van der Waals surface area contributed by atoms with Crippen molar-refractivity contribution in [2.75, 3.05) is 0 Å². The fraction of sp³-hybridized carbons (Fsp3) is 0.800. The maximum Gasteiger partial charge on any atom is 0.191 e. The van der Waals surface area contributed by atoms with Crippen LogP contribution in [0.5, 0.6) is 5.75 Å². The van der Waals surface area contributed by atoms with E-state index in [1.807, 2.05) is 6.92 Å². The van der Waals surface area contributed by atoms with Gasteiger partial charge in [0.05, 0.1) is 6.10 Å². The number of rotatable bonds is 13. The van der Waals surface area contributed by atoms with Gasteiger partial charge >= 0.3 is 0 Å². The second-order valence-electron chi connectivity index (χ2n) is 11.5. The molecule has 1 aromatic rings. The van der Waals surface area contributed by atoms with E-state index in [4.69, 9.17) is 4.74 Å². The first kappa shape index (κ1) is 27.7. The van der Waals surface area contributed by atoms with E-state index >= 15 is 0 Å². The Hall–Kier alpha value is -0.903. The summed E-state index contributed by atoms with van der Waals surface area (Å²) < 4.78 is 35.3. The van der Waals surface area contributed by atoms with Gasteiger partial charge in [-0.1, -0.05) is 83.3 Å². The minimum atomic E-state index is -0.524. The van der Waals surface area contributed by atoms with Gasteiger partial charge in [-0.25, -0.2) is 8.78 Å². The van der Waals surface area contributed by atoms with Crippen LogP contribution in [0.4, 0.5) is 8.78 Å². The average molecular weight is 493 g/mol. The van der Waals surface area contributed by atoms with Gasteiger partial charge in [-0.15, -0.1) is 0 Å². The zero-order chi connectivity index (χ0) is 24.3. The summed E-state index contributed by atoms with van der Waals surface area (Å²) in [6.07, 6.45) is 17.0. The van der Waals surface area contributed by atoms with Crippen LogP contribution in [0.25, 0.3) is 0 Å². The van der Waals surface area contributed by atoms with Crippen LogP contribution in [-0.2, 0) is 0 Å². The first-order valence-electron chi connectivity index (χ1n) is 14.7. The Kier molecular flexibility index (Phi) is 11.9. The molecule has 0 amide bonds. The maximum atomic E-state index is 14.8. The molecule has 194 valence electrons. The summed E-state index contributed by atoms with van der Waals surface area (Å²) in [5.74, 6) is 0.820. The molecule has 3 rings (SSSR count). The predicted molar refractivity (Wildman–Crippen MR) is 144 cm³/mol. The molecule has 0 radical (unpaired) electrons. The smallest absolute Gasteiger partial charge is 0.191 e.